The first-order chi connectivity index (χ1) is 19.9. The number of sulfone groups is 1. The molecule has 0 amide bonds. The van der Waals surface area contributed by atoms with Crippen LogP contribution in [-0.4, -0.2) is 59.3 Å². The van der Waals surface area contributed by atoms with Gasteiger partial charge in [0.1, 0.15) is 11.3 Å². The van der Waals surface area contributed by atoms with Gasteiger partial charge in [-0.05, 0) is 115 Å². The average molecular weight is 591 g/mol. The van der Waals surface area contributed by atoms with E-state index >= 15 is 0 Å². The Morgan fingerprint density at radius 3 is 2.36 bits per heavy atom. The summed E-state index contributed by atoms with van der Waals surface area (Å²) >= 11 is 0. The molecule has 2 aromatic carbocycles. The van der Waals surface area contributed by atoms with Gasteiger partial charge in [-0.3, -0.25) is 0 Å². The molecule has 42 heavy (non-hydrogen) atoms. The fourth-order valence-corrected chi connectivity index (χ4v) is 6.77. The van der Waals surface area contributed by atoms with Crippen LogP contribution in [0.2, 0.25) is 0 Å². The molecule has 0 atom stereocenters. The second-order valence-corrected chi connectivity index (χ2v) is 14.3. The minimum absolute atomic E-state index is 0.00671. The summed E-state index contributed by atoms with van der Waals surface area (Å²) in [6, 6.07) is 13.2. The molecule has 1 aliphatic rings. The Balaban J connectivity index is 1.55. The van der Waals surface area contributed by atoms with E-state index in [0.29, 0.717) is 23.4 Å². The number of ether oxygens (including phenoxy) is 1. The number of nitrogens with one attached hydrogen (secondary N) is 2. The highest BCUT2D eigenvalue weighted by Crippen LogP contribution is 2.38. The number of para-hydroxylation sites is 1. The summed E-state index contributed by atoms with van der Waals surface area (Å²) in [5.41, 5.74) is 5.30. The normalized spacial score (nSPS) is 15.1. The lowest BCUT2D eigenvalue weighted by atomic mass is 9.86. The van der Waals surface area contributed by atoms with Crippen LogP contribution in [0, 0.1) is 6.92 Å². The maximum atomic E-state index is 13.1. The second-order valence-electron chi connectivity index (χ2n) is 11.8. The maximum Gasteiger partial charge on any atom is 0.229 e. The highest BCUT2D eigenvalue weighted by Gasteiger charge is 2.25. The first kappa shape index (κ1) is 29.8. The monoisotopic (exact) mass is 590 g/mol. The van der Waals surface area contributed by atoms with Crippen molar-refractivity contribution in [2.45, 2.75) is 69.6 Å². The largest absolute Gasteiger partial charge is 0.489 e. The van der Waals surface area contributed by atoms with Crippen LogP contribution in [0.3, 0.4) is 0 Å². The van der Waals surface area contributed by atoms with Gasteiger partial charge >= 0.3 is 0 Å². The highest BCUT2D eigenvalue weighted by molar-refractivity contribution is 7.92. The molecular formula is C32H42N6O3S. The van der Waals surface area contributed by atoms with E-state index in [2.05, 4.69) is 41.6 Å². The Bertz CT molecular complexity index is 1690. The summed E-state index contributed by atoms with van der Waals surface area (Å²) in [5, 5.41) is 6.18. The van der Waals surface area contributed by atoms with E-state index < -0.39 is 15.1 Å². The molecule has 1 aliphatic heterocycles. The minimum Gasteiger partial charge on any atom is -0.489 e. The van der Waals surface area contributed by atoms with Crippen molar-refractivity contribution in [1.82, 2.24) is 19.4 Å². The number of hydrogen-bond acceptors (Lipinski definition) is 8. The number of aromatic nitrogens is 3. The van der Waals surface area contributed by atoms with Gasteiger partial charge in [-0.15, -0.1) is 0 Å². The molecule has 5 rings (SSSR count). The molecule has 0 aliphatic carbocycles. The van der Waals surface area contributed by atoms with Crippen LogP contribution in [0.1, 0.15) is 57.6 Å². The van der Waals surface area contributed by atoms with E-state index in [1.54, 1.807) is 32.0 Å². The quantitative estimate of drug-likeness (QED) is 0.227. The predicted molar refractivity (Wildman–Crippen MR) is 170 cm³/mol. The Kier molecular flexibility index (Phi) is 8.48. The lowest BCUT2D eigenvalue weighted by Crippen LogP contribution is -2.29. The SMILES string of the molecule is Cc1cc(Nc2nc(Nc3ccccc3S(=O)(=O)C(C)C)c3c(ccn3C)n2)c(OC(C)C)cc1C1CCN(C)CC1. The van der Waals surface area contributed by atoms with Gasteiger partial charge in [0.25, 0.3) is 0 Å². The third kappa shape index (κ3) is 6.10. The Labute approximate surface area is 249 Å². The molecule has 0 bridgehead atoms. The fourth-order valence-electron chi connectivity index (χ4n) is 5.57. The van der Waals surface area contributed by atoms with Gasteiger partial charge in [0.2, 0.25) is 5.95 Å². The maximum absolute atomic E-state index is 13.1. The van der Waals surface area contributed by atoms with E-state index in [0.717, 1.165) is 48.4 Å². The minimum atomic E-state index is -3.52. The van der Waals surface area contributed by atoms with Crippen molar-refractivity contribution in [3.63, 3.8) is 0 Å². The molecule has 0 spiro atoms. The van der Waals surface area contributed by atoms with Gasteiger partial charge in [0.15, 0.2) is 15.7 Å². The zero-order chi connectivity index (χ0) is 30.2. The van der Waals surface area contributed by atoms with Crippen LogP contribution in [0.5, 0.6) is 5.75 Å². The number of piperidine rings is 1. The van der Waals surface area contributed by atoms with Gasteiger partial charge in [-0.25, -0.2) is 13.4 Å². The number of fused-ring (bicyclic) bond motifs is 1. The first-order valence-corrected chi connectivity index (χ1v) is 16.2. The molecule has 3 heterocycles. The van der Waals surface area contributed by atoms with Crippen molar-refractivity contribution in [2.75, 3.05) is 30.8 Å². The Hall–Kier alpha value is -3.63. The third-order valence-electron chi connectivity index (χ3n) is 7.92. The van der Waals surface area contributed by atoms with E-state index in [1.165, 1.54) is 11.1 Å². The number of aryl methyl sites for hydroxylation is 2. The standard InChI is InChI=1S/C32H42N6O3S/c1-20(2)41-28-19-24(23-12-15-37(6)16-13-23)22(5)18-27(28)35-32-34-26-14-17-38(7)30(26)31(36-32)33-25-10-8-9-11-29(25)42(39,40)21(3)4/h8-11,14,17-21,23H,12-13,15-16H2,1-7H3,(H2,33,34,35,36). The van der Waals surface area contributed by atoms with Crippen molar-refractivity contribution in [3.05, 3.63) is 59.8 Å². The van der Waals surface area contributed by atoms with Crippen molar-refractivity contribution in [3.8, 4) is 5.75 Å². The van der Waals surface area contributed by atoms with Gasteiger partial charge < -0.3 is 24.8 Å². The fraction of sp³-hybridized carbons (Fsp3) is 0.438. The van der Waals surface area contributed by atoms with Crippen LogP contribution in [-0.2, 0) is 16.9 Å². The number of likely N-dealkylation sites (tertiary alicyclic amines) is 1. The molecule has 1 saturated heterocycles. The first-order valence-electron chi connectivity index (χ1n) is 14.6. The molecule has 10 heteroatoms. The van der Waals surface area contributed by atoms with Gasteiger partial charge in [0, 0.05) is 13.2 Å². The lowest BCUT2D eigenvalue weighted by molar-refractivity contribution is 0.241. The van der Waals surface area contributed by atoms with E-state index in [-0.39, 0.29) is 11.0 Å². The molecule has 0 saturated carbocycles. The molecule has 0 radical (unpaired) electrons. The Morgan fingerprint density at radius 1 is 0.952 bits per heavy atom. The lowest BCUT2D eigenvalue weighted by Gasteiger charge is -2.30. The van der Waals surface area contributed by atoms with Crippen molar-refractivity contribution < 1.29 is 13.2 Å². The van der Waals surface area contributed by atoms with E-state index in [9.17, 15) is 8.42 Å². The number of hydrogen-bond donors (Lipinski definition) is 2. The molecule has 1 fully saturated rings. The number of anilines is 4. The van der Waals surface area contributed by atoms with Crippen molar-refractivity contribution in [1.29, 1.82) is 0 Å². The number of nitrogens with zero attached hydrogens (tertiary/aromatic N) is 4. The predicted octanol–water partition coefficient (Wildman–Crippen LogP) is 6.54. The summed E-state index contributed by atoms with van der Waals surface area (Å²) in [7, 11) is 0.573. The zero-order valence-electron chi connectivity index (χ0n) is 25.6. The molecule has 2 aromatic heterocycles. The topological polar surface area (TPSA) is 101 Å². The van der Waals surface area contributed by atoms with E-state index in [1.807, 2.05) is 43.8 Å². The van der Waals surface area contributed by atoms with Crippen molar-refractivity contribution >= 4 is 44.0 Å². The summed E-state index contributed by atoms with van der Waals surface area (Å²) in [4.78, 5) is 12.3. The van der Waals surface area contributed by atoms with Crippen LogP contribution in [0.25, 0.3) is 11.0 Å². The second kappa shape index (κ2) is 11.9. The zero-order valence-corrected chi connectivity index (χ0v) is 26.4. The van der Waals surface area contributed by atoms with Gasteiger partial charge in [0.05, 0.1) is 33.1 Å². The molecular weight excluding hydrogens is 548 g/mol. The van der Waals surface area contributed by atoms with E-state index in [4.69, 9.17) is 14.7 Å². The molecule has 9 nitrogen and oxygen atoms in total. The number of benzene rings is 2. The molecule has 4 aromatic rings. The summed E-state index contributed by atoms with van der Waals surface area (Å²) in [6.07, 6.45) is 4.16. The van der Waals surface area contributed by atoms with Crippen molar-refractivity contribution in [2.24, 2.45) is 7.05 Å². The van der Waals surface area contributed by atoms with Crippen LogP contribution in [0.4, 0.5) is 23.1 Å². The summed E-state index contributed by atoms with van der Waals surface area (Å²) in [6.45, 7) is 11.8. The third-order valence-corrected chi connectivity index (χ3v) is 10.1. The van der Waals surface area contributed by atoms with Crippen LogP contribution >= 0.6 is 0 Å². The smallest absolute Gasteiger partial charge is 0.229 e. The van der Waals surface area contributed by atoms with Crippen LogP contribution < -0.4 is 15.4 Å². The van der Waals surface area contributed by atoms with Gasteiger partial charge in [-0.1, -0.05) is 12.1 Å². The summed E-state index contributed by atoms with van der Waals surface area (Å²) in [5.74, 6) is 2.16. The Morgan fingerprint density at radius 2 is 1.67 bits per heavy atom. The molecule has 0 unspecified atom stereocenters. The average Bonchev–Trinajstić information content (AvgIpc) is 3.31. The highest BCUT2D eigenvalue weighted by atomic mass is 32.2. The van der Waals surface area contributed by atoms with Gasteiger partial charge in [-0.2, -0.15) is 4.98 Å². The molecule has 224 valence electrons. The number of rotatable bonds is 9. The van der Waals surface area contributed by atoms with Crippen LogP contribution in [0.15, 0.2) is 53.6 Å². The molecule has 2 N–H and O–H groups in total. The summed E-state index contributed by atoms with van der Waals surface area (Å²) < 4.78 is 34.5.